The number of likely N-dealkylation sites (N-methyl/N-ethyl adjacent to an activating group) is 1. The maximum Gasteiger partial charge on any atom is 0.276 e. The highest BCUT2D eigenvalue weighted by Gasteiger charge is 2.19. The second-order valence-electron chi connectivity index (χ2n) is 6.07. The van der Waals surface area contributed by atoms with E-state index >= 15 is 0 Å². The number of carbonyl (C=O) groups excluding carboxylic acids is 1. The van der Waals surface area contributed by atoms with Gasteiger partial charge in [-0.2, -0.15) is 5.10 Å². The SMILES string of the molecule is CCN1CCN(c2ccccc2NC(=O)c2ccc(=O)n(C)n2)CC1. The van der Waals surface area contributed by atoms with Crippen molar-refractivity contribution in [1.82, 2.24) is 14.7 Å². The van der Waals surface area contributed by atoms with Gasteiger partial charge in [-0.15, -0.1) is 0 Å². The molecule has 1 aromatic carbocycles. The number of benzene rings is 1. The van der Waals surface area contributed by atoms with E-state index in [1.807, 2.05) is 24.3 Å². The van der Waals surface area contributed by atoms with E-state index in [2.05, 4.69) is 27.1 Å². The summed E-state index contributed by atoms with van der Waals surface area (Å²) in [6, 6.07) is 10.6. The fourth-order valence-electron chi connectivity index (χ4n) is 2.97. The molecule has 0 atom stereocenters. The molecular weight excluding hydrogens is 318 g/mol. The van der Waals surface area contributed by atoms with Crippen LogP contribution in [-0.2, 0) is 7.05 Å². The van der Waals surface area contributed by atoms with Crippen molar-refractivity contribution in [2.75, 3.05) is 42.9 Å². The van der Waals surface area contributed by atoms with Gasteiger partial charge in [0.2, 0.25) is 0 Å². The van der Waals surface area contributed by atoms with Crippen LogP contribution in [0, 0.1) is 0 Å². The highest BCUT2D eigenvalue weighted by Crippen LogP contribution is 2.26. The van der Waals surface area contributed by atoms with Crippen LogP contribution in [0.3, 0.4) is 0 Å². The summed E-state index contributed by atoms with van der Waals surface area (Å²) < 4.78 is 1.16. The van der Waals surface area contributed by atoms with Crippen molar-refractivity contribution >= 4 is 17.3 Å². The van der Waals surface area contributed by atoms with E-state index in [4.69, 9.17) is 0 Å². The summed E-state index contributed by atoms with van der Waals surface area (Å²) in [5.74, 6) is -0.324. The molecule has 3 rings (SSSR count). The molecule has 0 saturated carbocycles. The predicted molar refractivity (Wildman–Crippen MR) is 98.2 cm³/mol. The van der Waals surface area contributed by atoms with E-state index in [0.29, 0.717) is 0 Å². The molecule has 1 N–H and O–H groups in total. The second kappa shape index (κ2) is 7.48. The normalized spacial score (nSPS) is 15.2. The van der Waals surface area contributed by atoms with Gasteiger partial charge in [0.25, 0.3) is 11.5 Å². The summed E-state index contributed by atoms with van der Waals surface area (Å²) in [6.45, 7) is 7.12. The first-order chi connectivity index (χ1) is 12.1. The summed E-state index contributed by atoms with van der Waals surface area (Å²) >= 11 is 0. The Balaban J connectivity index is 1.78. The Morgan fingerprint density at radius 3 is 2.52 bits per heavy atom. The molecular formula is C18H23N5O2. The Kier molecular flexibility index (Phi) is 5.14. The van der Waals surface area contributed by atoms with Gasteiger partial charge < -0.3 is 15.1 Å². The minimum absolute atomic E-state index is 0.215. The standard InChI is InChI=1S/C18H23N5O2/c1-3-22-10-12-23(13-11-22)16-7-5-4-6-14(16)19-18(25)15-8-9-17(24)21(2)20-15/h4-9H,3,10-13H2,1-2H3,(H,19,25). The van der Waals surface area contributed by atoms with Gasteiger partial charge in [-0.3, -0.25) is 9.59 Å². The molecule has 2 aromatic rings. The van der Waals surface area contributed by atoms with Crippen molar-refractivity contribution in [3.8, 4) is 0 Å². The molecule has 0 aliphatic carbocycles. The van der Waals surface area contributed by atoms with Gasteiger partial charge in [-0.05, 0) is 24.7 Å². The average Bonchev–Trinajstić information content (AvgIpc) is 2.64. The number of rotatable bonds is 4. The molecule has 1 aliphatic rings. The van der Waals surface area contributed by atoms with Crippen molar-refractivity contribution in [3.63, 3.8) is 0 Å². The van der Waals surface area contributed by atoms with Crippen LogP contribution in [0.1, 0.15) is 17.4 Å². The number of para-hydroxylation sites is 2. The van der Waals surface area contributed by atoms with Crippen LogP contribution in [0.15, 0.2) is 41.2 Å². The number of hydrogen-bond acceptors (Lipinski definition) is 5. The van der Waals surface area contributed by atoms with Crippen LogP contribution < -0.4 is 15.8 Å². The number of piperazine rings is 1. The monoisotopic (exact) mass is 341 g/mol. The predicted octanol–water partition coefficient (Wildman–Crippen LogP) is 1.17. The number of nitrogens with one attached hydrogen (secondary N) is 1. The van der Waals surface area contributed by atoms with Crippen LogP contribution >= 0.6 is 0 Å². The molecule has 25 heavy (non-hydrogen) atoms. The summed E-state index contributed by atoms with van der Waals surface area (Å²) in [5.41, 5.74) is 1.74. The van der Waals surface area contributed by atoms with Gasteiger partial charge in [0, 0.05) is 39.3 Å². The Bertz CT molecular complexity index is 809. The Morgan fingerprint density at radius 2 is 1.84 bits per heavy atom. The quantitative estimate of drug-likeness (QED) is 0.904. The fraction of sp³-hybridized carbons (Fsp3) is 0.389. The van der Waals surface area contributed by atoms with Crippen molar-refractivity contribution in [2.45, 2.75) is 6.92 Å². The molecule has 1 saturated heterocycles. The number of aromatic nitrogens is 2. The van der Waals surface area contributed by atoms with E-state index in [0.717, 1.165) is 48.8 Å². The van der Waals surface area contributed by atoms with Gasteiger partial charge in [0.05, 0.1) is 11.4 Å². The summed E-state index contributed by atoms with van der Waals surface area (Å²) in [5, 5.41) is 6.93. The van der Waals surface area contributed by atoms with Gasteiger partial charge >= 0.3 is 0 Å². The molecule has 0 unspecified atom stereocenters. The largest absolute Gasteiger partial charge is 0.367 e. The molecule has 7 nitrogen and oxygen atoms in total. The van der Waals surface area contributed by atoms with Crippen LogP contribution in [0.25, 0.3) is 0 Å². The zero-order valence-electron chi connectivity index (χ0n) is 14.6. The molecule has 132 valence electrons. The minimum Gasteiger partial charge on any atom is -0.367 e. The van der Waals surface area contributed by atoms with Crippen LogP contribution in [0.5, 0.6) is 0 Å². The maximum atomic E-state index is 12.5. The number of amides is 1. The number of anilines is 2. The van der Waals surface area contributed by atoms with E-state index in [-0.39, 0.29) is 17.2 Å². The lowest BCUT2D eigenvalue weighted by atomic mass is 10.2. The second-order valence-corrected chi connectivity index (χ2v) is 6.07. The summed E-state index contributed by atoms with van der Waals surface area (Å²) in [7, 11) is 1.53. The molecule has 0 spiro atoms. The third kappa shape index (κ3) is 3.88. The Labute approximate surface area is 146 Å². The molecule has 1 fully saturated rings. The first-order valence-electron chi connectivity index (χ1n) is 8.50. The lowest BCUT2D eigenvalue weighted by Crippen LogP contribution is -2.46. The molecule has 1 aliphatic heterocycles. The van der Waals surface area contributed by atoms with Crippen LogP contribution in [0.4, 0.5) is 11.4 Å². The fourth-order valence-corrected chi connectivity index (χ4v) is 2.97. The zero-order chi connectivity index (χ0) is 17.8. The van der Waals surface area contributed by atoms with Gasteiger partial charge in [-0.25, -0.2) is 4.68 Å². The number of aryl methyl sites for hydroxylation is 1. The topological polar surface area (TPSA) is 70.5 Å². The van der Waals surface area contributed by atoms with Gasteiger partial charge in [-0.1, -0.05) is 19.1 Å². The smallest absolute Gasteiger partial charge is 0.276 e. The van der Waals surface area contributed by atoms with E-state index in [1.165, 1.54) is 19.2 Å². The van der Waals surface area contributed by atoms with E-state index in [9.17, 15) is 9.59 Å². The number of hydrogen-bond donors (Lipinski definition) is 1. The summed E-state index contributed by atoms with van der Waals surface area (Å²) in [4.78, 5) is 28.6. The lowest BCUT2D eigenvalue weighted by molar-refractivity contribution is 0.102. The summed E-state index contributed by atoms with van der Waals surface area (Å²) in [6.07, 6.45) is 0. The van der Waals surface area contributed by atoms with Crippen molar-refractivity contribution in [2.24, 2.45) is 7.05 Å². The van der Waals surface area contributed by atoms with E-state index in [1.54, 1.807) is 0 Å². The third-order valence-corrected chi connectivity index (χ3v) is 4.51. The van der Waals surface area contributed by atoms with Crippen molar-refractivity contribution < 1.29 is 4.79 Å². The number of carbonyl (C=O) groups is 1. The van der Waals surface area contributed by atoms with Crippen molar-refractivity contribution in [1.29, 1.82) is 0 Å². The molecule has 0 radical (unpaired) electrons. The maximum absolute atomic E-state index is 12.5. The third-order valence-electron chi connectivity index (χ3n) is 4.51. The Hall–Kier alpha value is -2.67. The highest BCUT2D eigenvalue weighted by molar-refractivity contribution is 6.04. The van der Waals surface area contributed by atoms with Crippen LogP contribution in [-0.4, -0.2) is 53.3 Å². The lowest BCUT2D eigenvalue weighted by Gasteiger charge is -2.36. The van der Waals surface area contributed by atoms with Gasteiger partial charge in [0.1, 0.15) is 5.69 Å². The molecule has 1 amide bonds. The van der Waals surface area contributed by atoms with E-state index < -0.39 is 0 Å². The van der Waals surface area contributed by atoms with Crippen LogP contribution in [0.2, 0.25) is 0 Å². The number of nitrogens with zero attached hydrogens (tertiary/aromatic N) is 4. The Morgan fingerprint density at radius 1 is 1.12 bits per heavy atom. The average molecular weight is 341 g/mol. The zero-order valence-corrected chi connectivity index (χ0v) is 14.6. The first-order valence-corrected chi connectivity index (χ1v) is 8.50. The van der Waals surface area contributed by atoms with Crippen molar-refractivity contribution in [3.05, 3.63) is 52.4 Å². The molecule has 0 bridgehead atoms. The molecule has 1 aromatic heterocycles. The first kappa shape index (κ1) is 17.2. The minimum atomic E-state index is -0.324. The molecule has 2 heterocycles. The highest BCUT2D eigenvalue weighted by atomic mass is 16.2. The van der Waals surface area contributed by atoms with Gasteiger partial charge in [0.15, 0.2) is 0 Å². The molecule has 7 heteroatoms.